The highest BCUT2D eigenvalue weighted by molar-refractivity contribution is 7.17. The molecule has 1 aromatic heterocycles. The lowest BCUT2D eigenvalue weighted by atomic mass is 9.88. The molecule has 1 heterocycles. The lowest BCUT2D eigenvalue weighted by molar-refractivity contribution is -0.114. The van der Waals surface area contributed by atoms with Crippen molar-refractivity contribution in [3.8, 4) is 0 Å². The van der Waals surface area contributed by atoms with Gasteiger partial charge < -0.3 is 16.4 Å². The number of carbonyl (C=O) groups excluding carboxylic acids is 3. The largest absolute Gasteiger partial charge is 0.365 e. The summed E-state index contributed by atoms with van der Waals surface area (Å²) < 4.78 is 0. The number of anilines is 2. The fourth-order valence-corrected chi connectivity index (χ4v) is 4.63. The van der Waals surface area contributed by atoms with E-state index in [0.29, 0.717) is 27.7 Å². The number of carbonyl (C=O) groups is 3. The van der Waals surface area contributed by atoms with Gasteiger partial charge in [-0.05, 0) is 48.9 Å². The minimum Gasteiger partial charge on any atom is -0.365 e. The van der Waals surface area contributed by atoms with E-state index in [9.17, 15) is 14.4 Å². The van der Waals surface area contributed by atoms with Gasteiger partial charge in [-0.1, -0.05) is 13.0 Å². The molecule has 4 N–H and O–H groups in total. The summed E-state index contributed by atoms with van der Waals surface area (Å²) in [4.78, 5) is 36.9. The zero-order chi connectivity index (χ0) is 18.8. The second-order valence-corrected chi connectivity index (χ2v) is 7.74. The van der Waals surface area contributed by atoms with E-state index in [-0.39, 0.29) is 11.8 Å². The van der Waals surface area contributed by atoms with Gasteiger partial charge in [-0.25, -0.2) is 0 Å². The van der Waals surface area contributed by atoms with Crippen molar-refractivity contribution in [1.82, 2.24) is 0 Å². The molecule has 0 radical (unpaired) electrons. The van der Waals surface area contributed by atoms with Crippen LogP contribution in [-0.4, -0.2) is 17.7 Å². The Hall–Kier alpha value is -2.67. The Kier molecular flexibility index (Phi) is 5.08. The predicted molar refractivity (Wildman–Crippen MR) is 103 cm³/mol. The fourth-order valence-electron chi connectivity index (χ4n) is 3.22. The number of thiophene rings is 1. The predicted octanol–water partition coefficient (Wildman–Crippen LogP) is 3.18. The molecule has 0 saturated carbocycles. The van der Waals surface area contributed by atoms with Gasteiger partial charge in [-0.15, -0.1) is 11.3 Å². The number of primary amides is 1. The van der Waals surface area contributed by atoms with Crippen molar-refractivity contribution in [2.24, 2.45) is 11.7 Å². The van der Waals surface area contributed by atoms with Crippen LogP contribution in [0.15, 0.2) is 24.3 Å². The summed E-state index contributed by atoms with van der Waals surface area (Å²) in [6, 6.07) is 6.64. The molecule has 2 aromatic rings. The molecule has 3 amide bonds. The van der Waals surface area contributed by atoms with Crippen LogP contribution in [0, 0.1) is 5.92 Å². The Bertz CT molecular complexity index is 888. The van der Waals surface area contributed by atoms with Crippen LogP contribution in [0.25, 0.3) is 0 Å². The molecule has 6 nitrogen and oxygen atoms in total. The molecule has 1 aliphatic carbocycles. The fraction of sp³-hybridized carbons (Fsp3) is 0.316. The van der Waals surface area contributed by atoms with E-state index in [1.807, 2.05) is 0 Å². The van der Waals surface area contributed by atoms with Crippen molar-refractivity contribution in [2.45, 2.75) is 33.1 Å². The molecule has 26 heavy (non-hydrogen) atoms. The van der Waals surface area contributed by atoms with Gasteiger partial charge in [0.15, 0.2) is 0 Å². The molecule has 7 heteroatoms. The Labute approximate surface area is 155 Å². The molecule has 136 valence electrons. The van der Waals surface area contributed by atoms with E-state index in [1.54, 1.807) is 24.3 Å². The van der Waals surface area contributed by atoms with E-state index in [1.165, 1.54) is 18.3 Å². The summed E-state index contributed by atoms with van der Waals surface area (Å²) in [6.45, 7) is 3.58. The van der Waals surface area contributed by atoms with Gasteiger partial charge in [0.1, 0.15) is 5.00 Å². The van der Waals surface area contributed by atoms with Gasteiger partial charge in [0.05, 0.1) is 5.56 Å². The normalized spacial score (nSPS) is 15.8. The number of rotatable bonds is 4. The summed E-state index contributed by atoms with van der Waals surface area (Å²) in [6.07, 6.45) is 2.71. The third-order valence-corrected chi connectivity index (χ3v) is 5.60. The minimum absolute atomic E-state index is 0.210. The Morgan fingerprint density at radius 3 is 2.69 bits per heavy atom. The summed E-state index contributed by atoms with van der Waals surface area (Å²) in [5.41, 5.74) is 7.92. The van der Waals surface area contributed by atoms with E-state index >= 15 is 0 Å². The highest BCUT2D eigenvalue weighted by Gasteiger charge is 2.27. The first kappa shape index (κ1) is 18.1. The number of nitrogens with two attached hydrogens (primary N) is 1. The third kappa shape index (κ3) is 3.77. The maximum atomic E-state index is 12.6. The smallest absolute Gasteiger partial charge is 0.256 e. The zero-order valence-corrected chi connectivity index (χ0v) is 15.5. The van der Waals surface area contributed by atoms with Gasteiger partial charge in [0, 0.05) is 23.1 Å². The summed E-state index contributed by atoms with van der Waals surface area (Å²) in [7, 11) is 0. The van der Waals surface area contributed by atoms with Crippen molar-refractivity contribution in [3.05, 3.63) is 45.8 Å². The van der Waals surface area contributed by atoms with Crippen LogP contribution < -0.4 is 16.4 Å². The molecular formula is C19H21N3O3S. The van der Waals surface area contributed by atoms with Crippen LogP contribution in [0.3, 0.4) is 0 Å². The van der Waals surface area contributed by atoms with Crippen LogP contribution in [0.4, 0.5) is 10.7 Å². The van der Waals surface area contributed by atoms with Crippen LogP contribution in [0.1, 0.15) is 51.4 Å². The molecular weight excluding hydrogens is 350 g/mol. The van der Waals surface area contributed by atoms with Crippen LogP contribution in [-0.2, 0) is 17.6 Å². The van der Waals surface area contributed by atoms with Crippen molar-refractivity contribution in [1.29, 1.82) is 0 Å². The summed E-state index contributed by atoms with van der Waals surface area (Å²) in [5.74, 6) is -0.510. The van der Waals surface area contributed by atoms with Crippen molar-refractivity contribution >= 4 is 39.7 Å². The van der Waals surface area contributed by atoms with Crippen LogP contribution >= 0.6 is 11.3 Å². The first-order valence-corrected chi connectivity index (χ1v) is 9.30. The molecule has 0 aliphatic heterocycles. The van der Waals surface area contributed by atoms with Gasteiger partial charge in [0.25, 0.3) is 11.8 Å². The average molecular weight is 371 g/mol. The first-order valence-electron chi connectivity index (χ1n) is 8.48. The number of nitrogens with one attached hydrogen (secondary N) is 2. The number of amides is 3. The highest BCUT2D eigenvalue weighted by atomic mass is 32.1. The van der Waals surface area contributed by atoms with Crippen molar-refractivity contribution < 1.29 is 14.4 Å². The third-order valence-electron chi connectivity index (χ3n) is 4.43. The van der Waals surface area contributed by atoms with Gasteiger partial charge in [0.2, 0.25) is 5.91 Å². The molecule has 3 rings (SSSR count). The molecule has 0 fully saturated rings. The number of benzene rings is 1. The lowest BCUT2D eigenvalue weighted by Gasteiger charge is -2.18. The highest BCUT2D eigenvalue weighted by Crippen LogP contribution is 2.39. The molecule has 0 saturated heterocycles. The Balaban J connectivity index is 1.88. The molecule has 1 atom stereocenters. The summed E-state index contributed by atoms with van der Waals surface area (Å²) in [5, 5.41) is 5.98. The monoisotopic (exact) mass is 371 g/mol. The van der Waals surface area contributed by atoms with Gasteiger partial charge >= 0.3 is 0 Å². The van der Waals surface area contributed by atoms with E-state index in [0.717, 1.165) is 29.7 Å². The molecule has 1 aliphatic rings. The van der Waals surface area contributed by atoms with Crippen LogP contribution in [0.5, 0.6) is 0 Å². The maximum absolute atomic E-state index is 12.6. The second-order valence-electron chi connectivity index (χ2n) is 6.64. The summed E-state index contributed by atoms with van der Waals surface area (Å²) >= 11 is 1.43. The number of fused-ring (bicyclic) bond motifs is 1. The molecule has 0 unspecified atom stereocenters. The van der Waals surface area contributed by atoms with E-state index < -0.39 is 5.91 Å². The number of hydrogen-bond acceptors (Lipinski definition) is 4. The molecule has 0 spiro atoms. The number of hydrogen-bond donors (Lipinski definition) is 3. The standard InChI is InChI=1S/C19H21N3O3S/c1-10-6-7-14-15(8-10)26-19(16(14)17(20)24)22-18(25)12-4-3-5-13(9-12)21-11(2)23/h3-5,9-10H,6-8H2,1-2H3,(H2,20,24)(H,21,23)(H,22,25)/t10-/m0/s1. The maximum Gasteiger partial charge on any atom is 0.256 e. The topological polar surface area (TPSA) is 101 Å². The van der Waals surface area contributed by atoms with E-state index in [2.05, 4.69) is 17.6 Å². The van der Waals surface area contributed by atoms with Crippen molar-refractivity contribution in [3.63, 3.8) is 0 Å². The quantitative estimate of drug-likeness (QED) is 0.769. The first-order chi connectivity index (χ1) is 12.3. The van der Waals surface area contributed by atoms with E-state index in [4.69, 9.17) is 5.73 Å². The van der Waals surface area contributed by atoms with Gasteiger partial charge in [-0.2, -0.15) is 0 Å². The van der Waals surface area contributed by atoms with Crippen LogP contribution in [0.2, 0.25) is 0 Å². The zero-order valence-electron chi connectivity index (χ0n) is 14.7. The minimum atomic E-state index is -0.514. The Morgan fingerprint density at radius 1 is 1.23 bits per heavy atom. The SMILES string of the molecule is CC(=O)Nc1cccc(C(=O)Nc2sc3c(c2C(N)=O)CC[C@H](C)C3)c1. The van der Waals surface area contributed by atoms with Crippen molar-refractivity contribution in [2.75, 3.05) is 10.6 Å². The Morgan fingerprint density at radius 2 is 2.00 bits per heavy atom. The lowest BCUT2D eigenvalue weighted by Crippen LogP contribution is -2.19. The average Bonchev–Trinajstić information content (AvgIpc) is 2.91. The second kappa shape index (κ2) is 7.29. The molecule has 1 aromatic carbocycles. The molecule has 0 bridgehead atoms. The van der Waals surface area contributed by atoms with Gasteiger partial charge in [-0.3, -0.25) is 14.4 Å².